The van der Waals surface area contributed by atoms with E-state index in [1.807, 2.05) is 26.0 Å². The van der Waals surface area contributed by atoms with Crippen LogP contribution in [0, 0.1) is 0 Å². The number of benzene rings is 1. The molecule has 0 spiro atoms. The molecular weight excluding hydrogens is 230 g/mol. The Hall–Kier alpha value is -2.10. The molecule has 0 radical (unpaired) electrons. The molecule has 0 fully saturated rings. The van der Waals surface area contributed by atoms with Crippen molar-refractivity contribution in [3.05, 3.63) is 35.9 Å². The van der Waals surface area contributed by atoms with Crippen molar-refractivity contribution in [2.45, 2.75) is 26.8 Å². The zero-order valence-corrected chi connectivity index (χ0v) is 10.8. The molecule has 1 amide bonds. The highest BCUT2D eigenvalue weighted by Gasteiger charge is 2.14. The molecule has 4 nitrogen and oxygen atoms in total. The summed E-state index contributed by atoms with van der Waals surface area (Å²) in [4.78, 5) is 23.6. The molecule has 0 saturated heterocycles. The number of anilines is 1. The van der Waals surface area contributed by atoms with Gasteiger partial charge in [-0.1, -0.05) is 12.1 Å². The van der Waals surface area contributed by atoms with Crippen LogP contribution in [0.5, 0.6) is 0 Å². The Morgan fingerprint density at radius 3 is 2.17 bits per heavy atom. The van der Waals surface area contributed by atoms with Crippen molar-refractivity contribution in [1.82, 2.24) is 0 Å². The Labute approximate surface area is 107 Å². The lowest BCUT2D eigenvalue weighted by atomic mass is 10.1. The van der Waals surface area contributed by atoms with Gasteiger partial charge in [-0.2, -0.15) is 0 Å². The highest BCUT2D eigenvalue weighted by Crippen LogP contribution is 2.18. The van der Waals surface area contributed by atoms with Crippen LogP contribution in [0.4, 0.5) is 5.69 Å². The Morgan fingerprint density at radius 1 is 1.22 bits per heavy atom. The minimum absolute atomic E-state index is 0.0150. The Balaban J connectivity index is 2.94. The zero-order chi connectivity index (χ0) is 13.7. The van der Waals surface area contributed by atoms with Crippen LogP contribution < -0.4 is 4.90 Å². The van der Waals surface area contributed by atoms with Crippen LogP contribution in [0.1, 0.15) is 26.3 Å². The Kier molecular flexibility index (Phi) is 4.66. The Morgan fingerprint density at radius 2 is 1.78 bits per heavy atom. The van der Waals surface area contributed by atoms with Crippen molar-refractivity contribution in [2.24, 2.45) is 0 Å². The fourth-order valence-electron chi connectivity index (χ4n) is 1.76. The first-order valence-electron chi connectivity index (χ1n) is 5.72. The maximum Gasteiger partial charge on any atom is 0.328 e. The molecule has 0 atom stereocenters. The van der Waals surface area contributed by atoms with Crippen LogP contribution in [0.25, 0.3) is 6.08 Å². The molecule has 0 bridgehead atoms. The molecule has 0 unspecified atom stereocenters. The highest BCUT2D eigenvalue weighted by molar-refractivity contribution is 5.92. The SMILES string of the molecule is CC(=O)N(c1ccc(C=CC(=O)O)cc1)C(C)C. The second kappa shape index (κ2) is 6.00. The van der Waals surface area contributed by atoms with Crippen molar-refractivity contribution in [3.63, 3.8) is 0 Å². The normalized spacial score (nSPS) is 10.9. The van der Waals surface area contributed by atoms with Gasteiger partial charge >= 0.3 is 5.97 Å². The molecule has 0 saturated carbocycles. The number of carbonyl (C=O) groups excluding carboxylic acids is 1. The number of carbonyl (C=O) groups is 2. The van der Waals surface area contributed by atoms with Crippen molar-refractivity contribution in [2.75, 3.05) is 4.90 Å². The predicted molar refractivity (Wildman–Crippen MR) is 71.4 cm³/mol. The van der Waals surface area contributed by atoms with Crippen LogP contribution in [0.3, 0.4) is 0 Å². The largest absolute Gasteiger partial charge is 0.478 e. The molecule has 1 rings (SSSR count). The van der Waals surface area contributed by atoms with Gasteiger partial charge < -0.3 is 10.0 Å². The lowest BCUT2D eigenvalue weighted by Gasteiger charge is -2.25. The third-order valence-electron chi connectivity index (χ3n) is 2.45. The van der Waals surface area contributed by atoms with Crippen molar-refractivity contribution in [1.29, 1.82) is 0 Å². The van der Waals surface area contributed by atoms with E-state index in [1.165, 1.54) is 13.0 Å². The summed E-state index contributed by atoms with van der Waals surface area (Å²) in [5.74, 6) is -0.995. The standard InChI is InChI=1S/C14H17NO3/c1-10(2)15(11(3)16)13-7-4-12(5-8-13)6-9-14(17)18/h4-10H,1-3H3,(H,17,18). The molecule has 0 heterocycles. The summed E-state index contributed by atoms with van der Waals surface area (Å²) in [6.45, 7) is 5.41. The van der Waals surface area contributed by atoms with E-state index in [4.69, 9.17) is 5.11 Å². The first-order valence-corrected chi connectivity index (χ1v) is 5.72. The maximum atomic E-state index is 11.5. The first-order chi connectivity index (χ1) is 8.41. The van der Waals surface area contributed by atoms with Gasteiger partial charge in [0, 0.05) is 24.7 Å². The topological polar surface area (TPSA) is 57.6 Å². The number of aliphatic carboxylic acids is 1. The fourth-order valence-corrected chi connectivity index (χ4v) is 1.76. The summed E-state index contributed by atoms with van der Waals surface area (Å²) in [5.41, 5.74) is 1.60. The van der Waals surface area contributed by atoms with Crippen molar-refractivity contribution >= 4 is 23.6 Å². The van der Waals surface area contributed by atoms with Crippen molar-refractivity contribution in [3.8, 4) is 0 Å². The van der Waals surface area contributed by atoms with E-state index in [0.29, 0.717) is 0 Å². The van der Waals surface area contributed by atoms with Gasteiger partial charge in [-0.15, -0.1) is 0 Å². The molecule has 0 aromatic heterocycles. The van der Waals surface area contributed by atoms with Crippen LogP contribution in [-0.4, -0.2) is 23.0 Å². The number of carboxylic acid groups (broad SMARTS) is 1. The second-order valence-electron chi connectivity index (χ2n) is 4.25. The van der Waals surface area contributed by atoms with Gasteiger partial charge in [0.25, 0.3) is 0 Å². The number of carboxylic acids is 1. The summed E-state index contributed by atoms with van der Waals surface area (Å²) >= 11 is 0. The van der Waals surface area contributed by atoms with E-state index in [9.17, 15) is 9.59 Å². The summed E-state index contributed by atoms with van der Waals surface area (Å²) in [5, 5.41) is 8.52. The fraction of sp³-hybridized carbons (Fsp3) is 0.286. The summed E-state index contributed by atoms with van der Waals surface area (Å²) in [7, 11) is 0. The van der Waals surface area contributed by atoms with E-state index in [2.05, 4.69) is 0 Å². The maximum absolute atomic E-state index is 11.5. The van der Waals surface area contributed by atoms with E-state index in [-0.39, 0.29) is 11.9 Å². The van der Waals surface area contributed by atoms with Crippen molar-refractivity contribution < 1.29 is 14.7 Å². The molecule has 0 aliphatic rings. The Bertz CT molecular complexity index is 460. The number of hydrogen-bond donors (Lipinski definition) is 1. The summed E-state index contributed by atoms with van der Waals surface area (Å²) in [6, 6.07) is 7.27. The van der Waals surface area contributed by atoms with Crippen LogP contribution >= 0.6 is 0 Å². The average Bonchev–Trinajstić information content (AvgIpc) is 2.27. The van der Waals surface area contributed by atoms with E-state index in [0.717, 1.165) is 17.3 Å². The van der Waals surface area contributed by atoms with Gasteiger partial charge in [0.2, 0.25) is 5.91 Å². The number of hydrogen-bond acceptors (Lipinski definition) is 2. The van der Waals surface area contributed by atoms with E-state index < -0.39 is 5.97 Å². The number of amides is 1. The molecule has 96 valence electrons. The lowest BCUT2D eigenvalue weighted by Crippen LogP contribution is -2.34. The van der Waals surface area contributed by atoms with Gasteiger partial charge in [-0.25, -0.2) is 4.79 Å². The third-order valence-corrected chi connectivity index (χ3v) is 2.45. The average molecular weight is 247 g/mol. The molecular formula is C14H17NO3. The smallest absolute Gasteiger partial charge is 0.328 e. The van der Waals surface area contributed by atoms with Gasteiger partial charge in [0.15, 0.2) is 0 Å². The molecule has 1 aromatic carbocycles. The van der Waals surface area contributed by atoms with Gasteiger partial charge in [-0.05, 0) is 37.6 Å². The predicted octanol–water partition coefficient (Wildman–Crippen LogP) is 2.55. The third kappa shape index (κ3) is 3.73. The molecule has 1 aromatic rings. The van der Waals surface area contributed by atoms with Crippen LogP contribution in [-0.2, 0) is 9.59 Å². The number of nitrogens with zero attached hydrogens (tertiary/aromatic N) is 1. The highest BCUT2D eigenvalue weighted by atomic mass is 16.4. The minimum atomic E-state index is -0.980. The van der Waals surface area contributed by atoms with Gasteiger partial charge in [0.05, 0.1) is 0 Å². The van der Waals surface area contributed by atoms with Crippen LogP contribution in [0.15, 0.2) is 30.3 Å². The zero-order valence-electron chi connectivity index (χ0n) is 10.8. The molecule has 1 N–H and O–H groups in total. The van der Waals surface area contributed by atoms with Gasteiger partial charge in [-0.3, -0.25) is 4.79 Å². The second-order valence-corrected chi connectivity index (χ2v) is 4.25. The van der Waals surface area contributed by atoms with Gasteiger partial charge in [0.1, 0.15) is 0 Å². The molecule has 4 heteroatoms. The van der Waals surface area contributed by atoms with E-state index >= 15 is 0 Å². The minimum Gasteiger partial charge on any atom is -0.478 e. The molecule has 0 aliphatic carbocycles. The lowest BCUT2D eigenvalue weighted by molar-refractivity contribution is -0.131. The summed E-state index contributed by atoms with van der Waals surface area (Å²) < 4.78 is 0. The molecule has 0 aliphatic heterocycles. The molecule has 18 heavy (non-hydrogen) atoms. The van der Waals surface area contributed by atoms with E-state index in [1.54, 1.807) is 17.0 Å². The summed E-state index contributed by atoms with van der Waals surface area (Å²) in [6.07, 6.45) is 2.60. The monoisotopic (exact) mass is 247 g/mol. The quantitative estimate of drug-likeness (QED) is 0.832. The number of rotatable bonds is 4. The first kappa shape index (κ1) is 14.0. The van der Waals surface area contributed by atoms with Crippen LogP contribution in [0.2, 0.25) is 0 Å².